The topological polar surface area (TPSA) is 87.2 Å². The fourth-order valence-corrected chi connectivity index (χ4v) is 1.21. The van der Waals surface area contributed by atoms with Gasteiger partial charge in [0.05, 0.1) is 6.04 Å². The number of fused-ring (bicyclic) bond motifs is 1. The van der Waals surface area contributed by atoms with E-state index in [2.05, 4.69) is 15.5 Å². The fourth-order valence-electron chi connectivity index (χ4n) is 1.21. The summed E-state index contributed by atoms with van der Waals surface area (Å²) in [5.74, 6) is -0.713. The molecule has 0 amide bonds. The second-order valence-electron chi connectivity index (χ2n) is 2.94. The van der Waals surface area contributed by atoms with Crippen molar-refractivity contribution in [3.63, 3.8) is 0 Å². The maximum atomic E-state index is 10.7. The van der Waals surface area contributed by atoms with Crippen LogP contribution in [0.2, 0.25) is 0 Å². The number of ether oxygens (including phenoxy) is 1. The number of hydrogen-bond acceptors (Lipinski definition) is 4. The number of hydrogen-bond donors (Lipinski definition) is 3. The van der Waals surface area contributed by atoms with Gasteiger partial charge in [-0.1, -0.05) is 0 Å². The molecule has 2 heterocycles. The first kappa shape index (κ1) is 7.90. The van der Waals surface area contributed by atoms with Gasteiger partial charge >= 0.3 is 5.97 Å². The number of aromatic carboxylic acids is 1. The monoisotopic (exact) mass is 183 g/mol. The molecule has 3 N–H and O–H groups in total. The van der Waals surface area contributed by atoms with Crippen molar-refractivity contribution in [1.29, 1.82) is 0 Å². The Bertz CT molecular complexity index is 347. The molecule has 0 fully saturated rings. The third kappa shape index (κ3) is 1.20. The summed E-state index contributed by atoms with van der Waals surface area (Å²) >= 11 is 0. The summed E-state index contributed by atoms with van der Waals surface area (Å²) in [6, 6.07) is 0.100. The zero-order valence-electron chi connectivity index (χ0n) is 7.00. The van der Waals surface area contributed by atoms with Gasteiger partial charge in [-0.2, -0.15) is 0 Å². The molecule has 1 aliphatic rings. The summed E-state index contributed by atoms with van der Waals surface area (Å²) in [5.41, 5.74) is 0.479. The lowest BCUT2D eigenvalue weighted by atomic mass is 10.2. The number of aromatic nitrogens is 2. The molecular weight excluding hydrogens is 174 g/mol. The van der Waals surface area contributed by atoms with Crippen LogP contribution >= 0.6 is 0 Å². The summed E-state index contributed by atoms with van der Waals surface area (Å²) in [7, 11) is 0. The number of H-pyrrole nitrogens is 1. The van der Waals surface area contributed by atoms with Crippen LogP contribution in [0.4, 0.5) is 5.69 Å². The van der Waals surface area contributed by atoms with Gasteiger partial charge in [-0.25, -0.2) is 4.79 Å². The van der Waals surface area contributed by atoms with E-state index in [4.69, 9.17) is 9.84 Å². The van der Waals surface area contributed by atoms with Gasteiger partial charge in [0.1, 0.15) is 12.3 Å². The fraction of sp³-hybridized carbons (Fsp3) is 0.429. The van der Waals surface area contributed by atoms with E-state index in [0.717, 1.165) is 0 Å². The minimum absolute atomic E-state index is 0.0431. The Morgan fingerprint density at radius 2 is 2.54 bits per heavy atom. The van der Waals surface area contributed by atoms with Gasteiger partial charge in [0.15, 0.2) is 5.69 Å². The largest absolute Gasteiger partial charge is 0.476 e. The predicted molar refractivity (Wildman–Crippen MR) is 44.1 cm³/mol. The molecule has 1 unspecified atom stereocenters. The SMILES string of the molecule is CC1COc2n[nH]c(C(=O)O)c2N1. The van der Waals surface area contributed by atoms with Crippen LogP contribution in [0.3, 0.4) is 0 Å². The molecule has 0 spiro atoms. The lowest BCUT2D eigenvalue weighted by Crippen LogP contribution is -2.28. The summed E-state index contributed by atoms with van der Waals surface area (Å²) in [6.45, 7) is 2.40. The zero-order chi connectivity index (χ0) is 9.42. The molecule has 1 aromatic rings. The number of nitrogens with one attached hydrogen (secondary N) is 2. The number of rotatable bonds is 1. The van der Waals surface area contributed by atoms with Crippen LogP contribution in [0, 0.1) is 0 Å². The van der Waals surface area contributed by atoms with Crippen LogP contribution in [0.15, 0.2) is 0 Å². The molecule has 6 heteroatoms. The number of carboxylic acids is 1. The summed E-state index contributed by atoms with van der Waals surface area (Å²) in [5, 5.41) is 17.9. The summed E-state index contributed by atoms with van der Waals surface area (Å²) in [4.78, 5) is 10.7. The maximum Gasteiger partial charge on any atom is 0.356 e. The van der Waals surface area contributed by atoms with Crippen LogP contribution in [0.1, 0.15) is 17.4 Å². The van der Waals surface area contributed by atoms with Gasteiger partial charge in [-0.05, 0) is 6.92 Å². The average Bonchev–Trinajstić information content (AvgIpc) is 2.46. The van der Waals surface area contributed by atoms with Crippen molar-refractivity contribution >= 4 is 11.7 Å². The second-order valence-corrected chi connectivity index (χ2v) is 2.94. The smallest absolute Gasteiger partial charge is 0.356 e. The van der Waals surface area contributed by atoms with Crippen LogP contribution in [-0.2, 0) is 0 Å². The van der Waals surface area contributed by atoms with Crippen molar-refractivity contribution in [3.05, 3.63) is 5.69 Å². The molecule has 1 aliphatic heterocycles. The highest BCUT2D eigenvalue weighted by Gasteiger charge is 2.25. The quantitative estimate of drug-likeness (QED) is 0.582. The maximum absolute atomic E-state index is 10.7. The lowest BCUT2D eigenvalue weighted by molar-refractivity contribution is 0.0691. The van der Waals surface area contributed by atoms with Gasteiger partial charge in [0.25, 0.3) is 5.88 Å². The molecule has 1 atom stereocenters. The van der Waals surface area contributed by atoms with Gasteiger partial charge in [-0.15, -0.1) is 5.10 Å². The lowest BCUT2D eigenvalue weighted by Gasteiger charge is -2.20. The second kappa shape index (κ2) is 2.65. The Balaban J connectivity index is 2.41. The standard InChI is InChI=1S/C7H9N3O3/c1-3-2-13-6-4(8-3)5(7(11)12)9-10-6/h3,8H,2H2,1H3,(H,9,10)(H,11,12). The Kier molecular flexibility index (Phi) is 1.61. The first-order valence-electron chi connectivity index (χ1n) is 3.89. The highest BCUT2D eigenvalue weighted by atomic mass is 16.5. The van der Waals surface area contributed by atoms with Crippen LogP contribution in [-0.4, -0.2) is 33.9 Å². The highest BCUT2D eigenvalue weighted by Crippen LogP contribution is 2.29. The number of carboxylic acid groups (broad SMARTS) is 1. The van der Waals surface area contributed by atoms with E-state index in [-0.39, 0.29) is 11.7 Å². The van der Waals surface area contributed by atoms with Gasteiger partial charge in [0, 0.05) is 0 Å². The normalized spacial score (nSPS) is 19.9. The van der Waals surface area contributed by atoms with Crippen LogP contribution in [0.5, 0.6) is 5.88 Å². The Labute approximate surface area is 73.9 Å². The first-order chi connectivity index (χ1) is 6.18. The molecule has 0 bridgehead atoms. The van der Waals surface area contributed by atoms with E-state index in [1.54, 1.807) is 0 Å². The molecule has 0 saturated heterocycles. The predicted octanol–water partition coefficient (Wildman–Crippen LogP) is 0.301. The van der Waals surface area contributed by atoms with E-state index in [1.165, 1.54) is 0 Å². The molecule has 0 aliphatic carbocycles. The van der Waals surface area contributed by atoms with E-state index >= 15 is 0 Å². The van der Waals surface area contributed by atoms with E-state index in [1.807, 2.05) is 6.92 Å². The Morgan fingerprint density at radius 3 is 3.23 bits per heavy atom. The van der Waals surface area contributed by atoms with Crippen molar-refractivity contribution in [1.82, 2.24) is 10.2 Å². The highest BCUT2D eigenvalue weighted by molar-refractivity contribution is 5.93. The van der Waals surface area contributed by atoms with Crippen molar-refractivity contribution in [2.45, 2.75) is 13.0 Å². The molecule has 0 radical (unpaired) electrons. The minimum atomic E-state index is -1.04. The van der Waals surface area contributed by atoms with Gasteiger partial charge in [-0.3, -0.25) is 5.10 Å². The Morgan fingerprint density at radius 1 is 1.77 bits per heavy atom. The van der Waals surface area contributed by atoms with Crippen molar-refractivity contribution < 1.29 is 14.6 Å². The molecular formula is C7H9N3O3. The zero-order valence-corrected chi connectivity index (χ0v) is 7.00. The van der Waals surface area contributed by atoms with Gasteiger partial charge in [0.2, 0.25) is 0 Å². The third-order valence-electron chi connectivity index (χ3n) is 1.81. The van der Waals surface area contributed by atoms with E-state index in [9.17, 15) is 4.79 Å². The minimum Gasteiger partial charge on any atom is -0.476 e. The average molecular weight is 183 g/mol. The van der Waals surface area contributed by atoms with Gasteiger partial charge < -0.3 is 15.2 Å². The molecule has 0 aromatic carbocycles. The number of aromatic amines is 1. The summed E-state index contributed by atoms with van der Waals surface area (Å²) in [6.07, 6.45) is 0. The van der Waals surface area contributed by atoms with Crippen LogP contribution < -0.4 is 10.1 Å². The molecule has 1 aromatic heterocycles. The van der Waals surface area contributed by atoms with E-state index < -0.39 is 5.97 Å². The molecule has 0 saturated carbocycles. The number of anilines is 1. The first-order valence-corrected chi connectivity index (χ1v) is 3.89. The molecule has 2 rings (SSSR count). The van der Waals surface area contributed by atoms with Crippen molar-refractivity contribution in [2.24, 2.45) is 0 Å². The number of carbonyl (C=O) groups is 1. The van der Waals surface area contributed by atoms with Crippen LogP contribution in [0.25, 0.3) is 0 Å². The number of nitrogens with zero attached hydrogens (tertiary/aromatic N) is 1. The van der Waals surface area contributed by atoms with E-state index in [0.29, 0.717) is 18.2 Å². The van der Waals surface area contributed by atoms with Crippen molar-refractivity contribution in [2.75, 3.05) is 11.9 Å². The summed E-state index contributed by atoms with van der Waals surface area (Å²) < 4.78 is 5.20. The molecule has 6 nitrogen and oxygen atoms in total. The molecule has 13 heavy (non-hydrogen) atoms. The Hall–Kier alpha value is -1.72. The van der Waals surface area contributed by atoms with Crippen molar-refractivity contribution in [3.8, 4) is 5.88 Å². The third-order valence-corrected chi connectivity index (χ3v) is 1.81. The molecule has 70 valence electrons.